The third kappa shape index (κ3) is 4.24. The van der Waals surface area contributed by atoms with Crippen molar-refractivity contribution < 1.29 is 0 Å². The fraction of sp³-hybridized carbons (Fsp3) is 1.00. The lowest BCUT2D eigenvalue weighted by Crippen LogP contribution is -2.41. The number of hydrogen-bond acceptors (Lipinski definition) is 2. The Balaban J connectivity index is 1.59. The molecule has 1 saturated heterocycles. The van der Waals surface area contributed by atoms with Gasteiger partial charge in [0.25, 0.3) is 0 Å². The Kier molecular flexibility index (Phi) is 5.97. The van der Waals surface area contributed by atoms with Crippen molar-refractivity contribution in [3.63, 3.8) is 0 Å². The first-order chi connectivity index (χ1) is 8.79. The van der Waals surface area contributed by atoms with E-state index in [0.717, 1.165) is 18.0 Å². The molecule has 0 spiro atoms. The molecular weight excluding hydrogens is 220 g/mol. The van der Waals surface area contributed by atoms with Gasteiger partial charge < -0.3 is 10.6 Å². The van der Waals surface area contributed by atoms with Crippen molar-refractivity contribution in [1.82, 2.24) is 10.6 Å². The van der Waals surface area contributed by atoms with Gasteiger partial charge in [-0.3, -0.25) is 0 Å². The first-order valence-electron chi connectivity index (χ1n) is 8.29. The number of hydrogen-bond donors (Lipinski definition) is 2. The van der Waals surface area contributed by atoms with Crippen LogP contribution in [-0.4, -0.2) is 24.7 Å². The maximum Gasteiger partial charge on any atom is 0.0198 e. The second-order valence-electron chi connectivity index (χ2n) is 6.56. The highest BCUT2D eigenvalue weighted by atomic mass is 15.1. The summed E-state index contributed by atoms with van der Waals surface area (Å²) < 4.78 is 0. The molecule has 1 aliphatic carbocycles. The standard InChI is InChI=1S/C16H32N2/c1-3-4-5-8-13(2)17-12-15-11-14-9-6-7-10-16(14)18-15/h13-18H,3-12H2,1-2H3. The van der Waals surface area contributed by atoms with E-state index in [1.165, 1.54) is 64.3 Å². The fourth-order valence-electron chi connectivity index (χ4n) is 3.73. The van der Waals surface area contributed by atoms with Crippen LogP contribution in [0.3, 0.4) is 0 Å². The van der Waals surface area contributed by atoms with Crippen molar-refractivity contribution in [3.05, 3.63) is 0 Å². The molecule has 2 nitrogen and oxygen atoms in total. The van der Waals surface area contributed by atoms with Crippen LogP contribution >= 0.6 is 0 Å². The van der Waals surface area contributed by atoms with E-state index in [0.29, 0.717) is 6.04 Å². The Bertz CT molecular complexity index is 215. The van der Waals surface area contributed by atoms with Crippen LogP contribution < -0.4 is 10.6 Å². The molecule has 18 heavy (non-hydrogen) atoms. The summed E-state index contributed by atoms with van der Waals surface area (Å²) in [5.41, 5.74) is 0. The molecule has 0 radical (unpaired) electrons. The molecular formula is C16H32N2. The molecule has 0 aromatic carbocycles. The molecule has 2 aliphatic rings. The van der Waals surface area contributed by atoms with Gasteiger partial charge >= 0.3 is 0 Å². The summed E-state index contributed by atoms with van der Waals surface area (Å²) in [5.74, 6) is 0.987. The third-order valence-corrected chi connectivity index (χ3v) is 4.90. The average molecular weight is 252 g/mol. The summed E-state index contributed by atoms with van der Waals surface area (Å²) in [6.45, 7) is 5.81. The number of rotatable bonds is 7. The number of fused-ring (bicyclic) bond motifs is 1. The van der Waals surface area contributed by atoms with Gasteiger partial charge in [-0.25, -0.2) is 0 Å². The van der Waals surface area contributed by atoms with E-state index in [-0.39, 0.29) is 0 Å². The van der Waals surface area contributed by atoms with Crippen molar-refractivity contribution in [2.24, 2.45) is 5.92 Å². The Hall–Kier alpha value is -0.0800. The molecule has 2 fully saturated rings. The average Bonchev–Trinajstić information content (AvgIpc) is 2.79. The van der Waals surface area contributed by atoms with E-state index in [1.807, 2.05) is 0 Å². The molecule has 4 unspecified atom stereocenters. The summed E-state index contributed by atoms with van der Waals surface area (Å²) in [6.07, 6.45) is 12.7. The molecule has 106 valence electrons. The minimum Gasteiger partial charge on any atom is -0.313 e. The molecule has 2 heteroatoms. The Labute approximate surface area is 113 Å². The zero-order valence-electron chi connectivity index (χ0n) is 12.4. The minimum absolute atomic E-state index is 0.695. The first-order valence-corrected chi connectivity index (χ1v) is 8.29. The second-order valence-corrected chi connectivity index (χ2v) is 6.56. The van der Waals surface area contributed by atoms with E-state index in [1.54, 1.807) is 0 Å². The molecule has 0 amide bonds. The van der Waals surface area contributed by atoms with Gasteiger partial charge in [0, 0.05) is 24.7 Å². The zero-order chi connectivity index (χ0) is 12.8. The Morgan fingerprint density at radius 1 is 1.22 bits per heavy atom. The molecule has 0 aromatic rings. The third-order valence-electron chi connectivity index (χ3n) is 4.90. The van der Waals surface area contributed by atoms with Crippen LogP contribution in [0.2, 0.25) is 0 Å². The highest BCUT2D eigenvalue weighted by Gasteiger charge is 2.34. The molecule has 2 rings (SSSR count). The van der Waals surface area contributed by atoms with E-state index >= 15 is 0 Å². The lowest BCUT2D eigenvalue weighted by atomic mass is 9.85. The van der Waals surface area contributed by atoms with Gasteiger partial charge in [-0.15, -0.1) is 0 Å². The van der Waals surface area contributed by atoms with Crippen LogP contribution in [0, 0.1) is 5.92 Å². The van der Waals surface area contributed by atoms with Crippen LogP contribution in [0.1, 0.15) is 71.6 Å². The zero-order valence-corrected chi connectivity index (χ0v) is 12.4. The van der Waals surface area contributed by atoms with Crippen molar-refractivity contribution in [1.29, 1.82) is 0 Å². The van der Waals surface area contributed by atoms with E-state index in [4.69, 9.17) is 0 Å². The van der Waals surface area contributed by atoms with Gasteiger partial charge in [0.05, 0.1) is 0 Å². The SMILES string of the molecule is CCCCCC(C)NCC1CC2CCCCC2N1. The highest BCUT2D eigenvalue weighted by molar-refractivity contribution is 4.93. The Morgan fingerprint density at radius 3 is 2.83 bits per heavy atom. The van der Waals surface area contributed by atoms with Gasteiger partial charge in [-0.1, -0.05) is 39.0 Å². The van der Waals surface area contributed by atoms with Crippen molar-refractivity contribution >= 4 is 0 Å². The lowest BCUT2D eigenvalue weighted by Gasteiger charge is -2.24. The van der Waals surface area contributed by atoms with Crippen molar-refractivity contribution in [3.8, 4) is 0 Å². The summed E-state index contributed by atoms with van der Waals surface area (Å²) in [5, 5.41) is 7.58. The summed E-state index contributed by atoms with van der Waals surface area (Å²) in [4.78, 5) is 0. The maximum absolute atomic E-state index is 3.85. The van der Waals surface area contributed by atoms with Gasteiger partial charge in [-0.05, 0) is 38.5 Å². The van der Waals surface area contributed by atoms with Crippen LogP contribution in [0.4, 0.5) is 0 Å². The second kappa shape index (κ2) is 7.49. The highest BCUT2D eigenvalue weighted by Crippen LogP contribution is 2.32. The number of unbranched alkanes of at least 4 members (excludes halogenated alkanes) is 2. The quantitative estimate of drug-likeness (QED) is 0.678. The summed E-state index contributed by atoms with van der Waals surface area (Å²) in [7, 11) is 0. The number of nitrogens with one attached hydrogen (secondary N) is 2. The van der Waals surface area contributed by atoms with Crippen LogP contribution in [-0.2, 0) is 0 Å². The van der Waals surface area contributed by atoms with Crippen molar-refractivity contribution in [2.75, 3.05) is 6.54 Å². The predicted molar refractivity (Wildman–Crippen MR) is 78.9 cm³/mol. The minimum atomic E-state index is 0.695. The van der Waals surface area contributed by atoms with Crippen molar-refractivity contribution in [2.45, 2.75) is 89.8 Å². The molecule has 2 N–H and O–H groups in total. The van der Waals surface area contributed by atoms with Gasteiger partial charge in [0.1, 0.15) is 0 Å². The van der Waals surface area contributed by atoms with E-state index in [2.05, 4.69) is 24.5 Å². The van der Waals surface area contributed by atoms with E-state index in [9.17, 15) is 0 Å². The molecule has 1 heterocycles. The molecule has 0 bridgehead atoms. The normalized spacial score (nSPS) is 33.3. The lowest BCUT2D eigenvalue weighted by molar-refractivity contribution is 0.325. The summed E-state index contributed by atoms with van der Waals surface area (Å²) in [6, 6.07) is 2.29. The maximum atomic E-state index is 3.85. The van der Waals surface area contributed by atoms with Gasteiger partial charge in [0.2, 0.25) is 0 Å². The molecule has 4 atom stereocenters. The van der Waals surface area contributed by atoms with Crippen LogP contribution in [0.5, 0.6) is 0 Å². The van der Waals surface area contributed by atoms with E-state index < -0.39 is 0 Å². The Morgan fingerprint density at radius 2 is 2.06 bits per heavy atom. The topological polar surface area (TPSA) is 24.1 Å². The monoisotopic (exact) mass is 252 g/mol. The largest absolute Gasteiger partial charge is 0.313 e. The molecule has 1 aliphatic heterocycles. The van der Waals surface area contributed by atoms with Gasteiger partial charge in [-0.2, -0.15) is 0 Å². The molecule has 0 aromatic heterocycles. The predicted octanol–water partition coefficient (Wildman–Crippen LogP) is 3.47. The van der Waals surface area contributed by atoms with Crippen LogP contribution in [0.25, 0.3) is 0 Å². The first kappa shape index (κ1) is 14.3. The molecule has 1 saturated carbocycles. The van der Waals surface area contributed by atoms with Crippen LogP contribution in [0.15, 0.2) is 0 Å². The smallest absolute Gasteiger partial charge is 0.0198 e. The summed E-state index contributed by atoms with van der Waals surface area (Å²) >= 11 is 0. The fourth-order valence-corrected chi connectivity index (χ4v) is 3.73. The van der Waals surface area contributed by atoms with Gasteiger partial charge in [0.15, 0.2) is 0 Å².